The van der Waals surface area contributed by atoms with Crippen LogP contribution in [0.3, 0.4) is 0 Å². The van der Waals surface area contributed by atoms with Gasteiger partial charge in [0, 0.05) is 45.6 Å². The van der Waals surface area contributed by atoms with Crippen molar-refractivity contribution >= 4 is 23.8 Å². The summed E-state index contributed by atoms with van der Waals surface area (Å²) in [6, 6.07) is 0. The fourth-order valence-corrected chi connectivity index (χ4v) is 4.74. The lowest BCUT2D eigenvalue weighted by Crippen LogP contribution is -2.28. The SMILES string of the molecule is CC(C)OCCOCCCC(=O)COCCOCCNC(=O)OC/C=C/COC(=O)CCCOCCOCCOC(C)C.CC(C)OCCOCCCC(=O)OCCOCCOCCOC(C)C. The molecule has 0 saturated heterocycles. The van der Waals surface area contributed by atoms with E-state index in [-0.39, 0.29) is 94.7 Å². The molecule has 0 aromatic carbocycles. The standard InChI is InChI=1S/C30H55NO12.C18H36O7/c1-26(2)40-23-21-36-12-7-9-28(32)25-39-20-19-37-16-11-31-30(34)43-15-6-5-14-42-29(33)10-8-13-35-17-18-38-22-24-41-27(3)4;1-16(2)23-13-10-20-7-5-6-18(19)25-15-12-22-9-8-21-11-14-24-17(3)4/h5-6,26-27H,7-25H2,1-4H3,(H,31,34);16-17H,5-15H2,1-4H3/b6-5+;. The number of nitrogens with one attached hydrogen (secondary N) is 1. The number of Topliss-reactive ketones (excluding diaryl/α,β-unsaturated/α-hetero) is 1. The molecule has 0 unspecified atom stereocenters. The molecular formula is C48H91NO19. The molecule has 0 aromatic rings. The minimum atomic E-state index is -0.585. The molecule has 402 valence electrons. The fourth-order valence-electron chi connectivity index (χ4n) is 4.74. The second-order valence-corrected chi connectivity index (χ2v) is 15.8. The van der Waals surface area contributed by atoms with E-state index < -0.39 is 6.09 Å². The summed E-state index contributed by atoms with van der Waals surface area (Å²) in [6.07, 6.45) is 6.29. The van der Waals surface area contributed by atoms with Crippen molar-refractivity contribution in [3.8, 4) is 0 Å². The Morgan fingerprint density at radius 1 is 0.368 bits per heavy atom. The van der Waals surface area contributed by atoms with Gasteiger partial charge in [-0.2, -0.15) is 0 Å². The van der Waals surface area contributed by atoms with Crippen molar-refractivity contribution in [3.63, 3.8) is 0 Å². The summed E-state index contributed by atoms with van der Waals surface area (Å²) >= 11 is 0. The van der Waals surface area contributed by atoms with Crippen molar-refractivity contribution in [2.45, 2.75) is 118 Å². The van der Waals surface area contributed by atoms with Gasteiger partial charge >= 0.3 is 18.0 Å². The molecule has 0 aliphatic carbocycles. The quantitative estimate of drug-likeness (QED) is 0.0364. The van der Waals surface area contributed by atoms with Gasteiger partial charge < -0.3 is 76.4 Å². The highest BCUT2D eigenvalue weighted by atomic mass is 16.6. The van der Waals surface area contributed by atoms with Gasteiger partial charge in [-0.3, -0.25) is 14.4 Å². The van der Waals surface area contributed by atoms with Crippen LogP contribution in [0.15, 0.2) is 12.2 Å². The Balaban J connectivity index is 0. The first-order chi connectivity index (χ1) is 32.8. The number of alkyl carbamates (subject to hydrolysis) is 1. The van der Waals surface area contributed by atoms with Gasteiger partial charge in [0.1, 0.15) is 26.4 Å². The van der Waals surface area contributed by atoms with Crippen molar-refractivity contribution in [3.05, 3.63) is 12.2 Å². The van der Waals surface area contributed by atoms with E-state index in [1.54, 1.807) is 12.2 Å². The van der Waals surface area contributed by atoms with E-state index in [4.69, 9.17) is 71.1 Å². The van der Waals surface area contributed by atoms with Crippen LogP contribution in [-0.2, 0) is 85.4 Å². The normalized spacial score (nSPS) is 11.5. The largest absolute Gasteiger partial charge is 0.463 e. The molecule has 20 heteroatoms. The average molecular weight is 986 g/mol. The number of hydrogen-bond donors (Lipinski definition) is 1. The van der Waals surface area contributed by atoms with Crippen molar-refractivity contribution in [2.24, 2.45) is 0 Å². The van der Waals surface area contributed by atoms with E-state index in [9.17, 15) is 19.2 Å². The maximum Gasteiger partial charge on any atom is 0.407 e. The van der Waals surface area contributed by atoms with Crippen molar-refractivity contribution < 1.29 is 90.2 Å². The van der Waals surface area contributed by atoms with Crippen LogP contribution in [-0.4, -0.2) is 207 Å². The number of hydrogen-bond acceptors (Lipinski definition) is 19. The van der Waals surface area contributed by atoms with Gasteiger partial charge in [0.15, 0.2) is 5.78 Å². The van der Waals surface area contributed by atoms with Gasteiger partial charge in [0.25, 0.3) is 0 Å². The van der Waals surface area contributed by atoms with Crippen LogP contribution >= 0.6 is 0 Å². The van der Waals surface area contributed by atoms with E-state index >= 15 is 0 Å². The van der Waals surface area contributed by atoms with E-state index in [1.165, 1.54) is 0 Å². The second kappa shape index (κ2) is 53.5. The average Bonchev–Trinajstić information content (AvgIpc) is 3.28. The number of amides is 1. The van der Waals surface area contributed by atoms with Crippen LogP contribution in [0, 0.1) is 0 Å². The van der Waals surface area contributed by atoms with Crippen LogP contribution in [0.2, 0.25) is 0 Å². The van der Waals surface area contributed by atoms with Crippen molar-refractivity contribution in [1.82, 2.24) is 5.32 Å². The molecule has 0 rings (SSSR count). The maximum absolute atomic E-state index is 11.8. The smallest absolute Gasteiger partial charge is 0.407 e. The van der Waals surface area contributed by atoms with E-state index in [0.29, 0.717) is 144 Å². The number of esters is 2. The first-order valence-corrected chi connectivity index (χ1v) is 24.3. The summed E-state index contributed by atoms with van der Waals surface area (Å²) in [7, 11) is 0. The monoisotopic (exact) mass is 986 g/mol. The molecule has 68 heavy (non-hydrogen) atoms. The summed E-state index contributed by atoms with van der Waals surface area (Å²) in [5.41, 5.74) is 0. The second-order valence-electron chi connectivity index (χ2n) is 15.8. The molecule has 0 bridgehead atoms. The number of rotatable bonds is 49. The number of carbonyl (C=O) groups is 4. The minimum absolute atomic E-state index is 0.0150. The Bertz CT molecular complexity index is 1160. The van der Waals surface area contributed by atoms with E-state index in [1.807, 2.05) is 55.4 Å². The van der Waals surface area contributed by atoms with Gasteiger partial charge in [-0.25, -0.2) is 4.79 Å². The first kappa shape index (κ1) is 67.2. The van der Waals surface area contributed by atoms with E-state index in [0.717, 1.165) is 0 Å². The van der Waals surface area contributed by atoms with Gasteiger partial charge in [0.2, 0.25) is 0 Å². The van der Waals surface area contributed by atoms with Crippen LogP contribution in [0.1, 0.15) is 93.9 Å². The van der Waals surface area contributed by atoms with E-state index in [2.05, 4.69) is 5.32 Å². The lowest BCUT2D eigenvalue weighted by atomic mass is 10.2. The highest BCUT2D eigenvalue weighted by Gasteiger charge is 2.06. The van der Waals surface area contributed by atoms with Crippen LogP contribution in [0.4, 0.5) is 4.79 Å². The lowest BCUT2D eigenvalue weighted by Gasteiger charge is -2.09. The molecule has 0 heterocycles. The van der Waals surface area contributed by atoms with Crippen LogP contribution in [0.25, 0.3) is 0 Å². The highest BCUT2D eigenvalue weighted by molar-refractivity contribution is 5.79. The summed E-state index contributed by atoms with van der Waals surface area (Å²) in [4.78, 5) is 46.6. The molecule has 1 amide bonds. The summed E-state index contributed by atoms with van der Waals surface area (Å²) < 4.78 is 79.4. The fraction of sp³-hybridized carbons (Fsp3) is 0.875. The third kappa shape index (κ3) is 61.2. The maximum atomic E-state index is 11.8. The number of ether oxygens (including phenoxy) is 15. The molecule has 0 fully saturated rings. The van der Waals surface area contributed by atoms with Crippen LogP contribution in [0.5, 0.6) is 0 Å². The van der Waals surface area contributed by atoms with Gasteiger partial charge in [-0.1, -0.05) is 0 Å². The zero-order valence-electron chi connectivity index (χ0n) is 42.9. The Morgan fingerprint density at radius 2 is 0.706 bits per heavy atom. The predicted octanol–water partition coefficient (Wildman–Crippen LogP) is 5.08. The summed E-state index contributed by atoms with van der Waals surface area (Å²) in [6.45, 7) is 25.7. The molecule has 20 nitrogen and oxygen atoms in total. The predicted molar refractivity (Wildman–Crippen MR) is 254 cm³/mol. The molecule has 0 aliphatic heterocycles. The molecule has 1 N–H and O–H groups in total. The van der Waals surface area contributed by atoms with Gasteiger partial charge in [0.05, 0.1) is 130 Å². The summed E-state index contributed by atoms with van der Waals surface area (Å²) in [5.74, 6) is -0.537. The molecule has 0 saturated carbocycles. The molecule has 0 atom stereocenters. The topological polar surface area (TPSA) is 219 Å². The first-order valence-electron chi connectivity index (χ1n) is 24.3. The Kier molecular flexibility index (Phi) is 52.9. The molecular weight excluding hydrogens is 895 g/mol. The third-order valence-corrected chi connectivity index (χ3v) is 8.00. The Labute approximate surface area is 407 Å². The number of ketones is 1. The zero-order chi connectivity index (χ0) is 50.6. The van der Waals surface area contributed by atoms with Gasteiger partial charge in [-0.05, 0) is 86.8 Å². The molecule has 0 aromatic heterocycles. The minimum Gasteiger partial charge on any atom is -0.463 e. The molecule has 0 spiro atoms. The highest BCUT2D eigenvalue weighted by Crippen LogP contribution is 1.98. The van der Waals surface area contributed by atoms with Crippen molar-refractivity contribution in [1.29, 1.82) is 0 Å². The van der Waals surface area contributed by atoms with Crippen molar-refractivity contribution in [2.75, 3.05) is 159 Å². The Morgan fingerprint density at radius 3 is 1.15 bits per heavy atom. The Hall–Kier alpha value is -2.86. The summed E-state index contributed by atoms with van der Waals surface area (Å²) in [5, 5.41) is 2.56. The number of carbonyl (C=O) groups excluding carboxylic acids is 4. The molecule has 0 aliphatic rings. The third-order valence-electron chi connectivity index (χ3n) is 8.00. The van der Waals surface area contributed by atoms with Gasteiger partial charge in [-0.15, -0.1) is 0 Å². The molecule has 0 radical (unpaired) electrons. The lowest BCUT2D eigenvalue weighted by molar-refractivity contribution is -0.146. The zero-order valence-corrected chi connectivity index (χ0v) is 42.9. The van der Waals surface area contributed by atoms with Crippen LogP contribution < -0.4 is 5.32 Å².